The molecule has 1 heterocycles. The van der Waals surface area contributed by atoms with Crippen LogP contribution in [0.5, 0.6) is 5.75 Å². The average Bonchev–Trinajstić information content (AvgIpc) is 1.93. The lowest BCUT2D eigenvalue weighted by Crippen LogP contribution is -2.34. The van der Waals surface area contributed by atoms with Crippen molar-refractivity contribution in [3.8, 4) is 5.75 Å². The number of halogens is 1. The van der Waals surface area contributed by atoms with Gasteiger partial charge in [0, 0.05) is 16.1 Å². The molecule has 1 aromatic rings. The summed E-state index contributed by atoms with van der Waals surface area (Å²) in [5.74, 6) is 0.385. The van der Waals surface area contributed by atoms with Gasteiger partial charge in [-0.1, -0.05) is 15.9 Å². The van der Waals surface area contributed by atoms with E-state index in [1.54, 1.807) is 6.07 Å². The van der Waals surface area contributed by atoms with Crippen LogP contribution < -0.4 is 5.32 Å². The number of aromatic hydroxyl groups is 1. The summed E-state index contributed by atoms with van der Waals surface area (Å²) in [6, 6.07) is 5.88. The summed E-state index contributed by atoms with van der Waals surface area (Å²) in [5.41, 5.74) is 0.996. The third-order valence-corrected chi connectivity index (χ3v) is 2.68. The van der Waals surface area contributed by atoms with E-state index in [9.17, 15) is 5.11 Å². The highest BCUT2D eigenvalue weighted by atomic mass is 79.9. The minimum atomic E-state index is 0.350. The van der Waals surface area contributed by atoms with Crippen molar-refractivity contribution in [2.24, 2.45) is 0 Å². The number of phenolic OH excluding ortho intramolecular Hbond substituents is 1. The fourth-order valence-corrected chi connectivity index (χ4v) is 1.74. The molecule has 2 rings (SSSR count). The van der Waals surface area contributed by atoms with Gasteiger partial charge in [-0.3, -0.25) is 0 Å². The molecule has 1 saturated heterocycles. The number of benzene rings is 1. The number of hydrogen-bond acceptors (Lipinski definition) is 2. The van der Waals surface area contributed by atoms with Gasteiger partial charge in [0.25, 0.3) is 0 Å². The number of phenols is 1. The second-order valence-electron chi connectivity index (χ2n) is 3.00. The van der Waals surface area contributed by atoms with Crippen LogP contribution in [0.25, 0.3) is 0 Å². The molecular formula is C9H10BrNO. The Balaban J connectivity index is 2.34. The molecule has 0 aromatic heterocycles. The third kappa shape index (κ3) is 1.34. The van der Waals surface area contributed by atoms with Gasteiger partial charge in [0.05, 0.1) is 0 Å². The first-order chi connectivity index (χ1) is 5.77. The second kappa shape index (κ2) is 3.07. The highest BCUT2D eigenvalue weighted by Crippen LogP contribution is 2.32. The van der Waals surface area contributed by atoms with Crippen molar-refractivity contribution in [1.82, 2.24) is 5.32 Å². The molecule has 0 bridgehead atoms. The first-order valence-corrected chi connectivity index (χ1v) is 4.78. The van der Waals surface area contributed by atoms with E-state index in [1.165, 1.54) is 0 Å². The zero-order valence-corrected chi connectivity index (χ0v) is 8.13. The third-order valence-electron chi connectivity index (χ3n) is 2.19. The van der Waals surface area contributed by atoms with E-state index in [0.717, 1.165) is 23.0 Å². The van der Waals surface area contributed by atoms with Gasteiger partial charge in [0.2, 0.25) is 0 Å². The Morgan fingerprint density at radius 1 is 1.50 bits per heavy atom. The topological polar surface area (TPSA) is 32.3 Å². The zero-order chi connectivity index (χ0) is 8.55. The Hall–Kier alpha value is -0.540. The highest BCUT2D eigenvalue weighted by Gasteiger charge is 2.21. The maximum atomic E-state index is 9.51. The Kier molecular flexibility index (Phi) is 2.07. The highest BCUT2D eigenvalue weighted by molar-refractivity contribution is 9.10. The van der Waals surface area contributed by atoms with E-state index in [2.05, 4.69) is 21.2 Å². The molecule has 0 unspecified atom stereocenters. The summed E-state index contributed by atoms with van der Waals surface area (Å²) in [5, 5.41) is 12.8. The molecule has 2 N–H and O–H groups in total. The summed E-state index contributed by atoms with van der Waals surface area (Å²) in [7, 11) is 0. The van der Waals surface area contributed by atoms with Gasteiger partial charge in [-0.2, -0.15) is 0 Å². The zero-order valence-electron chi connectivity index (χ0n) is 6.55. The summed E-state index contributed by atoms with van der Waals surface area (Å²) >= 11 is 3.38. The second-order valence-corrected chi connectivity index (χ2v) is 3.91. The van der Waals surface area contributed by atoms with Gasteiger partial charge < -0.3 is 10.4 Å². The van der Waals surface area contributed by atoms with E-state index in [0.29, 0.717) is 11.8 Å². The number of nitrogens with one attached hydrogen (secondary N) is 1. The molecule has 0 aliphatic carbocycles. The summed E-state index contributed by atoms with van der Waals surface area (Å²) in [6.45, 7) is 1.05. The molecule has 12 heavy (non-hydrogen) atoms. The van der Waals surface area contributed by atoms with Gasteiger partial charge in [-0.25, -0.2) is 0 Å². The summed E-state index contributed by atoms with van der Waals surface area (Å²) in [4.78, 5) is 0. The van der Waals surface area contributed by atoms with Crippen LogP contribution in [0.15, 0.2) is 22.7 Å². The van der Waals surface area contributed by atoms with Crippen molar-refractivity contribution in [3.63, 3.8) is 0 Å². The monoisotopic (exact) mass is 227 g/mol. The molecule has 0 saturated carbocycles. The smallest absolute Gasteiger partial charge is 0.120 e. The minimum Gasteiger partial charge on any atom is -0.508 e. The molecule has 64 valence electrons. The standard InChI is InChI=1S/C9H10BrNO/c10-6-1-2-9(12)7(5-6)8-3-4-11-8/h1-2,5,8,11-12H,3-4H2/t8-/m0/s1. The first-order valence-electron chi connectivity index (χ1n) is 3.99. The van der Waals surface area contributed by atoms with Crippen LogP contribution in [0.3, 0.4) is 0 Å². The Labute approximate surface area is 79.7 Å². The van der Waals surface area contributed by atoms with E-state index >= 15 is 0 Å². The molecule has 2 nitrogen and oxygen atoms in total. The normalized spacial score (nSPS) is 21.9. The lowest BCUT2D eigenvalue weighted by atomic mass is 9.97. The maximum Gasteiger partial charge on any atom is 0.120 e. The number of rotatable bonds is 1. The largest absolute Gasteiger partial charge is 0.508 e. The van der Waals surface area contributed by atoms with Crippen LogP contribution in [0.1, 0.15) is 18.0 Å². The van der Waals surface area contributed by atoms with Gasteiger partial charge in [0.1, 0.15) is 5.75 Å². The Morgan fingerprint density at radius 3 is 2.83 bits per heavy atom. The van der Waals surface area contributed by atoms with E-state index in [4.69, 9.17) is 0 Å². The SMILES string of the molecule is Oc1ccc(Br)cc1[C@@H]1CCN1. The van der Waals surface area contributed by atoms with E-state index < -0.39 is 0 Å². The van der Waals surface area contributed by atoms with Crippen molar-refractivity contribution in [2.45, 2.75) is 12.5 Å². The fourth-order valence-electron chi connectivity index (χ4n) is 1.36. The molecule has 0 amide bonds. The van der Waals surface area contributed by atoms with E-state index in [1.807, 2.05) is 12.1 Å². The molecule has 1 fully saturated rings. The molecule has 3 heteroatoms. The van der Waals surface area contributed by atoms with Crippen LogP contribution in [0.4, 0.5) is 0 Å². The Morgan fingerprint density at radius 2 is 2.25 bits per heavy atom. The van der Waals surface area contributed by atoms with Gasteiger partial charge in [-0.05, 0) is 31.2 Å². The van der Waals surface area contributed by atoms with Crippen molar-refractivity contribution in [3.05, 3.63) is 28.2 Å². The van der Waals surface area contributed by atoms with E-state index in [-0.39, 0.29) is 0 Å². The maximum absolute atomic E-state index is 9.51. The summed E-state index contributed by atoms with van der Waals surface area (Å²) < 4.78 is 1.02. The molecule has 1 aliphatic rings. The van der Waals surface area contributed by atoms with Crippen molar-refractivity contribution < 1.29 is 5.11 Å². The van der Waals surface area contributed by atoms with Crippen LogP contribution >= 0.6 is 15.9 Å². The predicted octanol–water partition coefficient (Wildman–Crippen LogP) is 2.19. The fraction of sp³-hybridized carbons (Fsp3) is 0.333. The van der Waals surface area contributed by atoms with Crippen molar-refractivity contribution >= 4 is 15.9 Å². The lowest BCUT2D eigenvalue weighted by molar-refractivity contribution is 0.364. The van der Waals surface area contributed by atoms with Crippen LogP contribution in [-0.4, -0.2) is 11.7 Å². The molecule has 1 aliphatic heterocycles. The Bertz CT molecular complexity index is 297. The molecular weight excluding hydrogens is 218 g/mol. The van der Waals surface area contributed by atoms with Crippen LogP contribution in [0, 0.1) is 0 Å². The van der Waals surface area contributed by atoms with Crippen molar-refractivity contribution in [1.29, 1.82) is 0 Å². The first kappa shape index (κ1) is 8.08. The van der Waals surface area contributed by atoms with Gasteiger partial charge in [-0.15, -0.1) is 0 Å². The number of hydrogen-bond donors (Lipinski definition) is 2. The predicted molar refractivity (Wildman–Crippen MR) is 51.2 cm³/mol. The molecule has 1 atom stereocenters. The minimum absolute atomic E-state index is 0.350. The van der Waals surface area contributed by atoms with Gasteiger partial charge in [0.15, 0.2) is 0 Å². The lowest BCUT2D eigenvalue weighted by Gasteiger charge is -2.28. The average molecular weight is 228 g/mol. The molecule has 0 radical (unpaired) electrons. The van der Waals surface area contributed by atoms with Crippen LogP contribution in [0.2, 0.25) is 0 Å². The van der Waals surface area contributed by atoms with Gasteiger partial charge >= 0.3 is 0 Å². The van der Waals surface area contributed by atoms with Crippen LogP contribution in [-0.2, 0) is 0 Å². The summed E-state index contributed by atoms with van der Waals surface area (Å²) in [6.07, 6.45) is 1.12. The quantitative estimate of drug-likeness (QED) is 0.772. The molecule has 0 spiro atoms. The molecule has 1 aromatic carbocycles. The van der Waals surface area contributed by atoms with Crippen molar-refractivity contribution in [2.75, 3.05) is 6.54 Å².